The van der Waals surface area contributed by atoms with Gasteiger partial charge in [-0.15, -0.1) is 0 Å². The maximum atomic E-state index is 12.5. The summed E-state index contributed by atoms with van der Waals surface area (Å²) in [6, 6.07) is 6.96. The van der Waals surface area contributed by atoms with Crippen LogP contribution < -0.4 is 5.73 Å². The first kappa shape index (κ1) is 11.7. The highest BCUT2D eigenvalue weighted by Crippen LogP contribution is 2.32. The quantitative estimate of drug-likeness (QED) is 0.831. The topological polar surface area (TPSA) is 41.8 Å². The van der Waals surface area contributed by atoms with Gasteiger partial charge in [0.05, 0.1) is 5.56 Å². The Labute approximate surface area is 96.3 Å². The first-order valence-corrected chi connectivity index (χ1v) is 5.05. The highest BCUT2D eigenvalue weighted by atomic mass is 19.4. The van der Waals surface area contributed by atoms with Crippen molar-refractivity contribution in [3.63, 3.8) is 0 Å². The van der Waals surface area contributed by atoms with E-state index >= 15 is 0 Å². The van der Waals surface area contributed by atoms with Crippen molar-refractivity contribution in [1.82, 2.24) is 4.98 Å². The minimum atomic E-state index is -4.32. The molecule has 5 heteroatoms. The zero-order valence-corrected chi connectivity index (χ0v) is 8.88. The molecule has 0 atom stereocenters. The Kier molecular flexibility index (Phi) is 2.93. The number of hydrogen-bond acceptors (Lipinski definition) is 1. The molecule has 0 bridgehead atoms. The molecule has 0 radical (unpaired) electrons. The van der Waals surface area contributed by atoms with E-state index in [1.165, 1.54) is 6.07 Å². The van der Waals surface area contributed by atoms with Crippen molar-refractivity contribution in [2.24, 2.45) is 5.73 Å². The van der Waals surface area contributed by atoms with Gasteiger partial charge in [0.25, 0.3) is 0 Å². The minimum Gasteiger partial charge on any atom is -0.363 e. The van der Waals surface area contributed by atoms with Gasteiger partial charge < -0.3 is 10.7 Å². The number of nitrogens with two attached hydrogens (primary N) is 1. The number of nitrogens with one attached hydrogen (secondary N) is 1. The van der Waals surface area contributed by atoms with E-state index in [9.17, 15) is 13.2 Å². The number of H-pyrrole nitrogens is 1. The summed E-state index contributed by atoms with van der Waals surface area (Å²) in [6.45, 7) is 0.332. The molecule has 0 saturated carbocycles. The molecular formula is C12H11F3N2. The molecule has 0 fully saturated rings. The van der Waals surface area contributed by atoms with Gasteiger partial charge in [0, 0.05) is 18.4 Å². The second-order valence-corrected chi connectivity index (χ2v) is 3.70. The molecule has 0 aliphatic rings. The molecule has 0 aliphatic heterocycles. The average Bonchev–Trinajstić information content (AvgIpc) is 2.76. The highest BCUT2D eigenvalue weighted by molar-refractivity contribution is 5.64. The maximum Gasteiger partial charge on any atom is 0.416 e. The van der Waals surface area contributed by atoms with Gasteiger partial charge in [-0.1, -0.05) is 12.1 Å². The monoisotopic (exact) mass is 240 g/mol. The van der Waals surface area contributed by atoms with Gasteiger partial charge >= 0.3 is 6.18 Å². The lowest BCUT2D eigenvalue weighted by molar-refractivity contribution is -0.137. The van der Waals surface area contributed by atoms with Crippen LogP contribution in [0.5, 0.6) is 0 Å². The largest absolute Gasteiger partial charge is 0.416 e. The smallest absolute Gasteiger partial charge is 0.363 e. The summed E-state index contributed by atoms with van der Waals surface area (Å²) >= 11 is 0. The Morgan fingerprint density at radius 1 is 1.12 bits per heavy atom. The van der Waals surface area contributed by atoms with Gasteiger partial charge in [-0.05, 0) is 29.3 Å². The fourth-order valence-electron chi connectivity index (χ4n) is 1.60. The molecular weight excluding hydrogens is 229 g/mol. The van der Waals surface area contributed by atoms with E-state index < -0.39 is 11.7 Å². The van der Waals surface area contributed by atoms with Crippen molar-refractivity contribution < 1.29 is 13.2 Å². The zero-order chi connectivity index (χ0) is 12.5. The molecule has 2 aromatic rings. The normalized spacial score (nSPS) is 11.8. The van der Waals surface area contributed by atoms with Crippen LogP contribution >= 0.6 is 0 Å². The van der Waals surface area contributed by atoms with Crippen molar-refractivity contribution in [1.29, 1.82) is 0 Å². The van der Waals surface area contributed by atoms with Gasteiger partial charge in [0.1, 0.15) is 0 Å². The third-order valence-corrected chi connectivity index (χ3v) is 2.49. The predicted molar refractivity (Wildman–Crippen MR) is 59.1 cm³/mol. The summed E-state index contributed by atoms with van der Waals surface area (Å²) in [7, 11) is 0. The number of halogens is 3. The van der Waals surface area contributed by atoms with Crippen LogP contribution in [0.1, 0.15) is 11.3 Å². The standard InChI is InChI=1S/C12H11F3N2/c13-12(14,15)10-3-1-2-8(4-10)9-5-11(6-16)17-7-9/h1-5,7,17H,6,16H2. The molecule has 1 aromatic carbocycles. The third-order valence-electron chi connectivity index (χ3n) is 2.49. The summed E-state index contributed by atoms with van der Waals surface area (Å²) in [4.78, 5) is 2.91. The van der Waals surface area contributed by atoms with Crippen molar-refractivity contribution in [3.8, 4) is 11.1 Å². The molecule has 2 rings (SSSR count). The molecule has 2 nitrogen and oxygen atoms in total. The summed E-state index contributed by atoms with van der Waals surface area (Å²) < 4.78 is 37.6. The van der Waals surface area contributed by atoms with E-state index in [0.29, 0.717) is 17.7 Å². The van der Waals surface area contributed by atoms with Crippen molar-refractivity contribution in [3.05, 3.63) is 47.8 Å². The maximum absolute atomic E-state index is 12.5. The van der Waals surface area contributed by atoms with Crippen LogP contribution in [0.3, 0.4) is 0 Å². The Morgan fingerprint density at radius 3 is 2.47 bits per heavy atom. The predicted octanol–water partition coefficient (Wildman–Crippen LogP) is 3.16. The minimum absolute atomic E-state index is 0.332. The average molecular weight is 240 g/mol. The van der Waals surface area contributed by atoms with E-state index in [2.05, 4.69) is 4.98 Å². The van der Waals surface area contributed by atoms with E-state index in [1.807, 2.05) is 0 Å². The van der Waals surface area contributed by atoms with E-state index in [1.54, 1.807) is 18.3 Å². The van der Waals surface area contributed by atoms with Crippen molar-refractivity contribution in [2.75, 3.05) is 0 Å². The molecule has 0 unspecified atom stereocenters. The van der Waals surface area contributed by atoms with Gasteiger partial charge in [-0.2, -0.15) is 13.2 Å². The van der Waals surface area contributed by atoms with Crippen LogP contribution in [0.4, 0.5) is 13.2 Å². The Hall–Kier alpha value is -1.75. The number of benzene rings is 1. The Balaban J connectivity index is 2.39. The fourth-order valence-corrected chi connectivity index (χ4v) is 1.60. The van der Waals surface area contributed by atoms with Crippen LogP contribution in [0.2, 0.25) is 0 Å². The Bertz CT molecular complexity index is 514. The molecule has 0 saturated heterocycles. The van der Waals surface area contributed by atoms with Crippen LogP contribution in [-0.4, -0.2) is 4.98 Å². The summed E-state index contributed by atoms with van der Waals surface area (Å²) in [5.74, 6) is 0. The van der Waals surface area contributed by atoms with Gasteiger partial charge in [-0.3, -0.25) is 0 Å². The number of aromatic nitrogens is 1. The Morgan fingerprint density at radius 2 is 1.88 bits per heavy atom. The molecule has 0 spiro atoms. The number of aromatic amines is 1. The van der Waals surface area contributed by atoms with E-state index in [0.717, 1.165) is 17.8 Å². The second-order valence-electron chi connectivity index (χ2n) is 3.70. The molecule has 1 aromatic heterocycles. The second kappa shape index (κ2) is 4.25. The van der Waals surface area contributed by atoms with Crippen LogP contribution in [0.25, 0.3) is 11.1 Å². The lowest BCUT2D eigenvalue weighted by Crippen LogP contribution is -2.04. The van der Waals surface area contributed by atoms with Crippen LogP contribution in [0.15, 0.2) is 36.5 Å². The van der Waals surface area contributed by atoms with Gasteiger partial charge in [-0.25, -0.2) is 0 Å². The molecule has 1 heterocycles. The van der Waals surface area contributed by atoms with Crippen molar-refractivity contribution >= 4 is 0 Å². The number of rotatable bonds is 2. The molecule has 3 N–H and O–H groups in total. The van der Waals surface area contributed by atoms with Crippen molar-refractivity contribution in [2.45, 2.75) is 12.7 Å². The first-order valence-electron chi connectivity index (χ1n) is 5.05. The van der Waals surface area contributed by atoms with E-state index in [-0.39, 0.29) is 0 Å². The molecule has 17 heavy (non-hydrogen) atoms. The molecule has 90 valence electrons. The lowest BCUT2D eigenvalue weighted by Gasteiger charge is -2.07. The highest BCUT2D eigenvalue weighted by Gasteiger charge is 2.30. The molecule has 0 amide bonds. The zero-order valence-electron chi connectivity index (χ0n) is 8.88. The van der Waals surface area contributed by atoms with Crippen LogP contribution in [0, 0.1) is 0 Å². The number of alkyl halides is 3. The van der Waals surface area contributed by atoms with Gasteiger partial charge in [0.2, 0.25) is 0 Å². The van der Waals surface area contributed by atoms with E-state index in [4.69, 9.17) is 5.73 Å². The summed E-state index contributed by atoms with van der Waals surface area (Å²) in [5.41, 5.74) is 6.80. The first-order chi connectivity index (χ1) is 8.00. The van der Waals surface area contributed by atoms with Gasteiger partial charge in [0.15, 0.2) is 0 Å². The van der Waals surface area contributed by atoms with Crippen LogP contribution in [-0.2, 0) is 12.7 Å². The third kappa shape index (κ3) is 2.50. The fraction of sp³-hybridized carbons (Fsp3) is 0.167. The molecule has 0 aliphatic carbocycles. The number of hydrogen-bond donors (Lipinski definition) is 2. The lowest BCUT2D eigenvalue weighted by atomic mass is 10.1. The SMILES string of the molecule is NCc1cc(-c2cccc(C(F)(F)F)c2)c[nH]1. The summed E-state index contributed by atoms with van der Waals surface area (Å²) in [5, 5.41) is 0. The summed E-state index contributed by atoms with van der Waals surface area (Å²) in [6.07, 6.45) is -2.67.